The standard InChI is InChI=1S/C16H7F6N2O3/c17-15(18,19)11-6-9(24(25)26)7-12(16(20,21)22)14(11)27-10-1-2-13-8(5-10)3-4-23-13/h1-2,4-7,23H. The molecule has 0 aliphatic heterocycles. The molecule has 0 aliphatic rings. The van der Waals surface area contributed by atoms with Gasteiger partial charge < -0.3 is 9.72 Å². The number of rotatable bonds is 3. The highest BCUT2D eigenvalue weighted by Crippen LogP contribution is 2.47. The van der Waals surface area contributed by atoms with E-state index in [0.29, 0.717) is 10.9 Å². The predicted molar refractivity (Wildman–Crippen MR) is 80.3 cm³/mol. The van der Waals surface area contributed by atoms with E-state index in [4.69, 9.17) is 4.74 Å². The highest BCUT2D eigenvalue weighted by Gasteiger charge is 2.44. The largest absolute Gasteiger partial charge is 0.456 e. The molecule has 2 aromatic carbocycles. The number of nitro groups is 1. The van der Waals surface area contributed by atoms with Crippen LogP contribution in [-0.4, -0.2) is 9.91 Å². The molecule has 0 aliphatic carbocycles. The number of aromatic amines is 1. The summed E-state index contributed by atoms with van der Waals surface area (Å²) in [7, 11) is 0. The maximum atomic E-state index is 13.3. The summed E-state index contributed by atoms with van der Waals surface area (Å²) < 4.78 is 84.6. The van der Waals surface area contributed by atoms with Gasteiger partial charge in [0, 0.05) is 35.3 Å². The van der Waals surface area contributed by atoms with Gasteiger partial charge >= 0.3 is 12.4 Å². The Balaban J connectivity index is 2.23. The van der Waals surface area contributed by atoms with Crippen LogP contribution in [0.4, 0.5) is 32.0 Å². The fourth-order valence-electron chi connectivity index (χ4n) is 2.39. The molecule has 141 valence electrons. The number of nitro benzene ring substituents is 1. The first-order chi connectivity index (χ1) is 12.5. The molecule has 1 heterocycles. The van der Waals surface area contributed by atoms with E-state index in [-0.39, 0.29) is 17.9 Å². The zero-order valence-corrected chi connectivity index (χ0v) is 12.9. The van der Waals surface area contributed by atoms with Gasteiger partial charge in [0.05, 0.1) is 4.92 Å². The molecular formula is C16H7F6N2O3. The van der Waals surface area contributed by atoms with Crippen LogP contribution in [0.5, 0.6) is 11.5 Å². The van der Waals surface area contributed by atoms with Crippen molar-refractivity contribution in [1.29, 1.82) is 0 Å². The van der Waals surface area contributed by atoms with E-state index in [9.17, 15) is 36.5 Å². The number of ether oxygens (including phenoxy) is 1. The Morgan fingerprint density at radius 2 is 1.59 bits per heavy atom. The maximum Gasteiger partial charge on any atom is 0.420 e. The number of nitrogens with one attached hydrogen (secondary N) is 1. The van der Waals surface area contributed by atoms with E-state index in [1.165, 1.54) is 18.3 Å². The summed E-state index contributed by atoms with van der Waals surface area (Å²) in [5.74, 6) is -1.88. The number of non-ortho nitro benzene ring substituents is 1. The van der Waals surface area contributed by atoms with E-state index in [1.807, 2.05) is 0 Å². The fourth-order valence-corrected chi connectivity index (χ4v) is 2.39. The lowest BCUT2D eigenvalue weighted by atomic mass is 10.1. The van der Waals surface area contributed by atoms with Crippen LogP contribution in [0.25, 0.3) is 10.9 Å². The molecular weight excluding hydrogens is 382 g/mol. The second-order valence-corrected chi connectivity index (χ2v) is 5.37. The van der Waals surface area contributed by atoms with Gasteiger partial charge in [0.2, 0.25) is 0 Å². The van der Waals surface area contributed by atoms with Crippen LogP contribution in [0.1, 0.15) is 11.1 Å². The summed E-state index contributed by atoms with van der Waals surface area (Å²) in [5.41, 5.74) is -4.61. The normalized spacial score (nSPS) is 12.4. The van der Waals surface area contributed by atoms with E-state index in [0.717, 1.165) is 6.07 Å². The van der Waals surface area contributed by atoms with Gasteiger partial charge in [0.1, 0.15) is 16.9 Å². The SMILES string of the molecule is O=[N+]([O-])c1cc(C(F)(F)F)c(Oc2ccc3[nH]c[c]c3c2)c(C(F)(F)F)c1. The fraction of sp³-hybridized carbons (Fsp3) is 0.125. The number of hydrogen-bond acceptors (Lipinski definition) is 3. The summed E-state index contributed by atoms with van der Waals surface area (Å²) in [6.45, 7) is 0. The molecule has 27 heavy (non-hydrogen) atoms. The molecule has 0 fully saturated rings. The molecule has 0 unspecified atom stereocenters. The number of H-pyrrole nitrogens is 1. The predicted octanol–water partition coefficient (Wildman–Crippen LogP) is 5.71. The summed E-state index contributed by atoms with van der Waals surface area (Å²) in [4.78, 5) is 12.2. The molecule has 0 amide bonds. The Kier molecular flexibility index (Phi) is 4.25. The molecule has 0 spiro atoms. The van der Waals surface area contributed by atoms with E-state index in [2.05, 4.69) is 11.1 Å². The van der Waals surface area contributed by atoms with Gasteiger partial charge in [-0.15, -0.1) is 0 Å². The minimum atomic E-state index is -5.31. The first kappa shape index (κ1) is 18.5. The minimum absolute atomic E-state index is 0.00548. The average Bonchev–Trinajstić information content (AvgIpc) is 3.00. The summed E-state index contributed by atoms with van der Waals surface area (Å²) >= 11 is 0. The van der Waals surface area contributed by atoms with Crippen molar-refractivity contribution < 1.29 is 36.0 Å². The quantitative estimate of drug-likeness (QED) is 0.355. The molecule has 0 saturated heterocycles. The number of aromatic nitrogens is 1. The Morgan fingerprint density at radius 3 is 2.11 bits per heavy atom. The number of nitrogens with zero attached hydrogens (tertiary/aromatic N) is 1. The highest BCUT2D eigenvalue weighted by molar-refractivity contribution is 5.80. The lowest BCUT2D eigenvalue weighted by Crippen LogP contribution is -2.15. The lowest BCUT2D eigenvalue weighted by molar-refractivity contribution is -0.385. The van der Waals surface area contributed by atoms with Crippen LogP contribution in [-0.2, 0) is 12.4 Å². The van der Waals surface area contributed by atoms with Crippen molar-refractivity contribution in [3.63, 3.8) is 0 Å². The Bertz CT molecular complexity index is 988. The minimum Gasteiger partial charge on any atom is -0.456 e. The van der Waals surface area contributed by atoms with Gasteiger partial charge in [0.15, 0.2) is 5.75 Å². The van der Waals surface area contributed by atoms with Crippen LogP contribution in [0, 0.1) is 16.2 Å². The topological polar surface area (TPSA) is 68.2 Å². The molecule has 5 nitrogen and oxygen atoms in total. The van der Waals surface area contributed by atoms with Crippen molar-refractivity contribution in [2.24, 2.45) is 0 Å². The summed E-state index contributed by atoms with van der Waals surface area (Å²) in [5, 5.41) is 11.1. The lowest BCUT2D eigenvalue weighted by Gasteiger charge is -2.19. The molecule has 1 N–H and O–H groups in total. The number of alkyl halides is 6. The number of fused-ring (bicyclic) bond motifs is 1. The van der Waals surface area contributed by atoms with E-state index >= 15 is 0 Å². The third-order valence-corrected chi connectivity index (χ3v) is 3.56. The van der Waals surface area contributed by atoms with E-state index < -0.39 is 39.8 Å². The van der Waals surface area contributed by atoms with Gasteiger partial charge in [0.25, 0.3) is 5.69 Å². The van der Waals surface area contributed by atoms with Crippen molar-refractivity contribution in [3.05, 3.63) is 63.8 Å². The van der Waals surface area contributed by atoms with E-state index in [1.54, 1.807) is 0 Å². The molecule has 11 heteroatoms. The van der Waals surface area contributed by atoms with Gasteiger partial charge in [-0.2, -0.15) is 26.3 Å². The van der Waals surface area contributed by atoms with Gasteiger partial charge in [-0.3, -0.25) is 10.1 Å². The molecule has 0 atom stereocenters. The first-order valence-electron chi connectivity index (χ1n) is 7.10. The van der Waals surface area contributed by atoms with Gasteiger partial charge in [-0.1, -0.05) is 0 Å². The zero-order valence-electron chi connectivity index (χ0n) is 12.9. The third kappa shape index (κ3) is 3.66. The maximum absolute atomic E-state index is 13.3. The van der Waals surface area contributed by atoms with Crippen molar-refractivity contribution in [1.82, 2.24) is 4.98 Å². The Labute approximate surface area is 146 Å². The Morgan fingerprint density at radius 1 is 1.00 bits per heavy atom. The van der Waals surface area contributed by atoms with Crippen LogP contribution in [0.3, 0.4) is 0 Å². The number of halogens is 6. The second kappa shape index (κ2) is 6.18. The molecule has 1 aromatic heterocycles. The van der Waals surface area contributed by atoms with Gasteiger partial charge in [-0.05, 0) is 18.2 Å². The smallest absolute Gasteiger partial charge is 0.420 e. The molecule has 0 saturated carbocycles. The van der Waals surface area contributed by atoms with Crippen LogP contribution in [0.15, 0.2) is 36.5 Å². The van der Waals surface area contributed by atoms with Gasteiger partial charge in [-0.25, -0.2) is 0 Å². The van der Waals surface area contributed by atoms with Crippen molar-refractivity contribution in [3.8, 4) is 11.5 Å². The van der Waals surface area contributed by atoms with Crippen molar-refractivity contribution in [2.45, 2.75) is 12.4 Å². The number of benzene rings is 2. The number of hydrogen-bond donors (Lipinski definition) is 1. The Hall–Kier alpha value is -3.24. The van der Waals surface area contributed by atoms with Crippen LogP contribution >= 0.6 is 0 Å². The zero-order chi connectivity index (χ0) is 20.0. The summed E-state index contributed by atoms with van der Waals surface area (Å²) in [6.07, 6.45) is -9.22. The van der Waals surface area contributed by atoms with Crippen LogP contribution in [0.2, 0.25) is 0 Å². The molecule has 1 radical (unpaired) electrons. The molecule has 0 bridgehead atoms. The molecule has 3 rings (SSSR count). The van der Waals surface area contributed by atoms with Crippen molar-refractivity contribution in [2.75, 3.05) is 0 Å². The second-order valence-electron chi connectivity index (χ2n) is 5.37. The highest BCUT2D eigenvalue weighted by atomic mass is 19.4. The first-order valence-corrected chi connectivity index (χ1v) is 7.10. The summed E-state index contributed by atoms with van der Waals surface area (Å²) in [6, 6.07) is 6.43. The average molecular weight is 389 g/mol. The molecule has 3 aromatic rings. The van der Waals surface area contributed by atoms with Crippen LogP contribution < -0.4 is 4.74 Å². The third-order valence-electron chi connectivity index (χ3n) is 3.56. The van der Waals surface area contributed by atoms with Crippen molar-refractivity contribution >= 4 is 16.6 Å². The monoisotopic (exact) mass is 389 g/mol.